The summed E-state index contributed by atoms with van der Waals surface area (Å²) in [7, 11) is 0. The molecule has 3 heterocycles. The summed E-state index contributed by atoms with van der Waals surface area (Å²) >= 11 is 1.65. The van der Waals surface area contributed by atoms with Crippen LogP contribution in [0.5, 0.6) is 0 Å². The maximum atomic E-state index is 13.0. The average molecular weight is 389 g/mol. The molecule has 1 aromatic carbocycles. The topological polar surface area (TPSA) is 50.2 Å². The Balaban J connectivity index is 0.00000196. The Hall–Kier alpha value is -2.15. The summed E-state index contributed by atoms with van der Waals surface area (Å²) in [6.07, 6.45) is 0. The summed E-state index contributed by atoms with van der Waals surface area (Å²) in [6.45, 7) is 4.43. The van der Waals surface area contributed by atoms with Crippen molar-refractivity contribution in [2.75, 3.05) is 19.6 Å². The van der Waals surface area contributed by atoms with E-state index in [1.807, 2.05) is 57.4 Å². The lowest BCUT2D eigenvalue weighted by molar-refractivity contribution is 0.0649. The molecule has 0 unspecified atom stereocenters. The summed E-state index contributed by atoms with van der Waals surface area (Å²) in [6, 6.07) is 16.1. The third-order valence-electron chi connectivity index (χ3n) is 4.47. The zero-order chi connectivity index (χ0) is 17.2. The fraction of sp³-hybridized carbons (Fsp3) is 0.263. The van der Waals surface area contributed by atoms with Gasteiger partial charge in [0.25, 0.3) is 5.91 Å². The predicted octanol–water partition coefficient (Wildman–Crippen LogP) is 3.46. The smallest absolute Gasteiger partial charge is 0.274 e. The highest BCUT2D eigenvalue weighted by molar-refractivity contribution is 7.13. The molecule has 1 aliphatic rings. The lowest BCUT2D eigenvalue weighted by Crippen LogP contribution is -2.52. The highest BCUT2D eigenvalue weighted by atomic mass is 35.5. The minimum absolute atomic E-state index is 0. The lowest BCUT2D eigenvalue weighted by atomic mass is 10.2. The Morgan fingerprint density at radius 3 is 2.73 bits per heavy atom. The van der Waals surface area contributed by atoms with Gasteiger partial charge in [-0.1, -0.05) is 24.3 Å². The highest BCUT2D eigenvalue weighted by Crippen LogP contribution is 2.28. The number of nitrogens with one attached hydrogen (secondary N) is 1. The van der Waals surface area contributed by atoms with Crippen LogP contribution in [0, 0.1) is 0 Å². The Labute approximate surface area is 163 Å². The van der Waals surface area contributed by atoms with Gasteiger partial charge in [0.1, 0.15) is 0 Å². The number of halogens is 1. The molecule has 0 bridgehead atoms. The fourth-order valence-corrected chi connectivity index (χ4v) is 3.87. The average Bonchev–Trinajstić information content (AvgIpc) is 3.32. The highest BCUT2D eigenvalue weighted by Gasteiger charge is 2.27. The first-order chi connectivity index (χ1) is 12.2. The molecule has 26 heavy (non-hydrogen) atoms. The number of piperazine rings is 1. The van der Waals surface area contributed by atoms with Crippen molar-refractivity contribution in [1.82, 2.24) is 20.0 Å². The number of hydrogen-bond donors (Lipinski definition) is 1. The summed E-state index contributed by atoms with van der Waals surface area (Å²) in [5, 5.41) is 10.0. The molecule has 1 saturated heterocycles. The Bertz CT molecular complexity index is 863. The summed E-state index contributed by atoms with van der Waals surface area (Å²) in [4.78, 5) is 16.0. The van der Waals surface area contributed by atoms with E-state index in [0.29, 0.717) is 12.2 Å². The van der Waals surface area contributed by atoms with Crippen molar-refractivity contribution in [3.63, 3.8) is 0 Å². The first-order valence-electron chi connectivity index (χ1n) is 8.45. The van der Waals surface area contributed by atoms with Crippen molar-refractivity contribution in [2.45, 2.75) is 13.0 Å². The third-order valence-corrected chi connectivity index (χ3v) is 5.36. The number of benzene rings is 1. The molecule has 7 heteroatoms. The number of hydrogen-bond acceptors (Lipinski definition) is 4. The molecule has 1 amide bonds. The van der Waals surface area contributed by atoms with Crippen LogP contribution in [0.25, 0.3) is 16.3 Å². The molecule has 0 saturated carbocycles. The molecule has 1 aliphatic heterocycles. The van der Waals surface area contributed by atoms with E-state index in [2.05, 4.69) is 23.4 Å². The number of para-hydroxylation sites is 1. The van der Waals surface area contributed by atoms with E-state index in [9.17, 15) is 4.79 Å². The largest absolute Gasteiger partial charge is 0.332 e. The molecule has 4 rings (SSSR count). The van der Waals surface area contributed by atoms with Gasteiger partial charge in [-0.15, -0.1) is 23.7 Å². The van der Waals surface area contributed by atoms with E-state index in [4.69, 9.17) is 0 Å². The second kappa shape index (κ2) is 8.03. The number of carbonyl (C=O) groups is 1. The molecule has 2 aromatic heterocycles. The van der Waals surface area contributed by atoms with Crippen molar-refractivity contribution in [3.8, 4) is 16.3 Å². The van der Waals surface area contributed by atoms with Gasteiger partial charge in [0.15, 0.2) is 5.69 Å². The van der Waals surface area contributed by atoms with E-state index in [1.54, 1.807) is 11.3 Å². The van der Waals surface area contributed by atoms with Crippen LogP contribution in [0.15, 0.2) is 53.9 Å². The second-order valence-electron chi connectivity index (χ2n) is 6.19. The molecular weight excluding hydrogens is 368 g/mol. The number of rotatable bonds is 3. The normalized spacial score (nSPS) is 17.0. The van der Waals surface area contributed by atoms with Crippen molar-refractivity contribution < 1.29 is 4.79 Å². The molecule has 3 aromatic rings. The number of aromatic nitrogens is 2. The van der Waals surface area contributed by atoms with Crippen molar-refractivity contribution in [1.29, 1.82) is 0 Å². The maximum Gasteiger partial charge on any atom is 0.274 e. The molecular formula is C19H21ClN4OS. The van der Waals surface area contributed by atoms with Crippen LogP contribution < -0.4 is 5.32 Å². The van der Waals surface area contributed by atoms with Crippen LogP contribution in [-0.2, 0) is 0 Å². The van der Waals surface area contributed by atoms with Crippen LogP contribution in [0.2, 0.25) is 0 Å². The quantitative estimate of drug-likeness (QED) is 0.747. The molecule has 0 spiro atoms. The van der Waals surface area contributed by atoms with Gasteiger partial charge in [-0.25, -0.2) is 4.68 Å². The van der Waals surface area contributed by atoms with E-state index < -0.39 is 0 Å². The van der Waals surface area contributed by atoms with E-state index in [0.717, 1.165) is 29.3 Å². The minimum Gasteiger partial charge on any atom is -0.332 e. The van der Waals surface area contributed by atoms with Crippen LogP contribution >= 0.6 is 23.7 Å². The number of nitrogens with zero attached hydrogens (tertiary/aromatic N) is 3. The van der Waals surface area contributed by atoms with Gasteiger partial charge in [0, 0.05) is 25.7 Å². The van der Waals surface area contributed by atoms with Crippen molar-refractivity contribution >= 4 is 29.7 Å². The molecule has 0 aliphatic carbocycles. The standard InChI is InChI=1S/C19H20N4OS.ClH/c1-14-13-20-9-10-22(14)19(24)16-12-17(18-8-5-11-25-18)23(21-16)15-6-3-2-4-7-15;/h2-8,11-12,14,20H,9-10,13H2,1H3;1H/t14-;/m0./s1. The molecule has 0 radical (unpaired) electrons. The minimum atomic E-state index is 0. The molecule has 5 nitrogen and oxygen atoms in total. The molecule has 1 N–H and O–H groups in total. The van der Waals surface area contributed by atoms with Gasteiger partial charge in [-0.2, -0.15) is 5.10 Å². The van der Waals surface area contributed by atoms with E-state index in [1.165, 1.54) is 0 Å². The molecule has 1 fully saturated rings. The Morgan fingerprint density at radius 1 is 1.23 bits per heavy atom. The van der Waals surface area contributed by atoms with Crippen molar-refractivity contribution in [2.24, 2.45) is 0 Å². The SMILES string of the molecule is C[C@H]1CNCCN1C(=O)c1cc(-c2cccs2)n(-c2ccccc2)n1.Cl. The Kier molecular flexibility index (Phi) is 5.76. The zero-order valence-electron chi connectivity index (χ0n) is 14.5. The maximum absolute atomic E-state index is 13.0. The Morgan fingerprint density at radius 2 is 2.04 bits per heavy atom. The van der Waals surface area contributed by atoms with E-state index >= 15 is 0 Å². The second-order valence-corrected chi connectivity index (χ2v) is 7.14. The number of carbonyl (C=O) groups excluding carboxylic acids is 1. The number of thiophene rings is 1. The third kappa shape index (κ3) is 3.53. The summed E-state index contributed by atoms with van der Waals surface area (Å²) in [5.41, 5.74) is 2.41. The lowest BCUT2D eigenvalue weighted by Gasteiger charge is -2.33. The van der Waals surface area contributed by atoms with Gasteiger partial charge >= 0.3 is 0 Å². The van der Waals surface area contributed by atoms with Crippen LogP contribution in [0.4, 0.5) is 0 Å². The van der Waals surface area contributed by atoms with Crippen molar-refractivity contribution in [3.05, 3.63) is 59.6 Å². The zero-order valence-corrected chi connectivity index (χ0v) is 16.1. The molecule has 136 valence electrons. The van der Waals surface area contributed by atoms with Gasteiger partial charge < -0.3 is 10.2 Å². The first-order valence-corrected chi connectivity index (χ1v) is 9.33. The monoisotopic (exact) mass is 388 g/mol. The summed E-state index contributed by atoms with van der Waals surface area (Å²) < 4.78 is 1.87. The van der Waals surface area contributed by atoms with E-state index in [-0.39, 0.29) is 24.4 Å². The summed E-state index contributed by atoms with van der Waals surface area (Å²) in [5.74, 6) is 0.00138. The van der Waals surface area contributed by atoms with Gasteiger partial charge in [0.05, 0.1) is 16.3 Å². The van der Waals surface area contributed by atoms with Crippen LogP contribution in [0.1, 0.15) is 17.4 Å². The number of amides is 1. The van der Waals surface area contributed by atoms with Crippen LogP contribution in [0.3, 0.4) is 0 Å². The van der Waals surface area contributed by atoms with Crippen LogP contribution in [-0.4, -0.2) is 46.3 Å². The van der Waals surface area contributed by atoms with Gasteiger partial charge in [0.2, 0.25) is 0 Å². The van der Waals surface area contributed by atoms with Gasteiger partial charge in [-0.3, -0.25) is 4.79 Å². The fourth-order valence-electron chi connectivity index (χ4n) is 3.14. The molecule has 1 atom stereocenters. The first kappa shape index (κ1) is 18.6. The van der Waals surface area contributed by atoms with Gasteiger partial charge in [-0.05, 0) is 36.6 Å². The predicted molar refractivity (Wildman–Crippen MR) is 107 cm³/mol.